The zero-order valence-electron chi connectivity index (χ0n) is 9.28. The lowest BCUT2D eigenvalue weighted by Crippen LogP contribution is -2.31. The maximum atomic E-state index is 5.77. The lowest BCUT2D eigenvalue weighted by atomic mass is 10.1. The van der Waals surface area contributed by atoms with Crippen LogP contribution in [0.25, 0.3) is 0 Å². The largest absolute Gasteiger partial charge is 0.347 e. The van der Waals surface area contributed by atoms with Crippen LogP contribution in [0.5, 0.6) is 0 Å². The number of ether oxygens (including phenoxy) is 2. The van der Waals surface area contributed by atoms with Gasteiger partial charge in [0.15, 0.2) is 5.79 Å². The topological polar surface area (TPSA) is 44.5 Å². The predicted molar refractivity (Wildman–Crippen MR) is 66.1 cm³/mol. The van der Waals surface area contributed by atoms with Gasteiger partial charge in [-0.2, -0.15) is 0 Å². The van der Waals surface area contributed by atoms with Crippen LogP contribution in [0.3, 0.4) is 0 Å². The standard InChI is InChI=1S/C12H16BrNO2/c1-12(15-8-11(7-14)16-12)6-9-2-4-10(13)5-3-9/h2-5,11H,6-8,14H2,1H3. The summed E-state index contributed by atoms with van der Waals surface area (Å²) in [5.74, 6) is -0.530. The number of benzene rings is 1. The molecule has 0 radical (unpaired) electrons. The highest BCUT2D eigenvalue weighted by Gasteiger charge is 2.36. The third kappa shape index (κ3) is 2.83. The van der Waals surface area contributed by atoms with Gasteiger partial charge in [0.25, 0.3) is 0 Å². The SMILES string of the molecule is CC1(Cc2ccc(Br)cc2)OCC(CN)O1. The fourth-order valence-electron chi connectivity index (χ4n) is 1.87. The highest BCUT2D eigenvalue weighted by molar-refractivity contribution is 9.10. The van der Waals surface area contributed by atoms with Crippen molar-refractivity contribution in [1.82, 2.24) is 0 Å². The quantitative estimate of drug-likeness (QED) is 0.925. The molecule has 0 spiro atoms. The molecule has 1 aliphatic heterocycles. The van der Waals surface area contributed by atoms with E-state index in [1.165, 1.54) is 5.56 Å². The van der Waals surface area contributed by atoms with E-state index in [0.29, 0.717) is 13.2 Å². The molecule has 2 rings (SSSR count). The Morgan fingerprint density at radius 1 is 1.44 bits per heavy atom. The number of rotatable bonds is 3. The molecule has 0 aliphatic carbocycles. The Morgan fingerprint density at radius 3 is 2.69 bits per heavy atom. The summed E-state index contributed by atoms with van der Waals surface area (Å²) in [5, 5.41) is 0. The molecule has 0 amide bonds. The first-order chi connectivity index (χ1) is 7.61. The predicted octanol–water partition coefficient (Wildman–Crippen LogP) is 2.08. The van der Waals surface area contributed by atoms with Crippen LogP contribution in [0.1, 0.15) is 12.5 Å². The summed E-state index contributed by atoms with van der Waals surface area (Å²) in [6.45, 7) is 3.06. The van der Waals surface area contributed by atoms with Crippen LogP contribution >= 0.6 is 15.9 Å². The highest BCUT2D eigenvalue weighted by Crippen LogP contribution is 2.27. The summed E-state index contributed by atoms with van der Waals surface area (Å²) in [6.07, 6.45) is 0.775. The van der Waals surface area contributed by atoms with Gasteiger partial charge in [-0.05, 0) is 24.6 Å². The second-order valence-corrected chi connectivity index (χ2v) is 5.14. The molecule has 1 aromatic rings. The van der Waals surface area contributed by atoms with E-state index < -0.39 is 5.79 Å². The molecule has 16 heavy (non-hydrogen) atoms. The van der Waals surface area contributed by atoms with Gasteiger partial charge in [0.1, 0.15) is 0 Å². The summed E-state index contributed by atoms with van der Waals surface area (Å²) < 4.78 is 12.5. The molecule has 3 nitrogen and oxygen atoms in total. The van der Waals surface area contributed by atoms with Crippen LogP contribution in [0.15, 0.2) is 28.7 Å². The van der Waals surface area contributed by atoms with Gasteiger partial charge in [-0.15, -0.1) is 0 Å². The summed E-state index contributed by atoms with van der Waals surface area (Å²) >= 11 is 3.41. The minimum Gasteiger partial charge on any atom is -0.347 e. The Bertz CT molecular complexity index is 355. The van der Waals surface area contributed by atoms with Crippen molar-refractivity contribution in [3.8, 4) is 0 Å². The van der Waals surface area contributed by atoms with Crippen LogP contribution in [0, 0.1) is 0 Å². The first-order valence-corrected chi connectivity index (χ1v) is 6.17. The van der Waals surface area contributed by atoms with Crippen molar-refractivity contribution in [2.24, 2.45) is 5.73 Å². The molecule has 0 bridgehead atoms. The fourth-order valence-corrected chi connectivity index (χ4v) is 2.14. The lowest BCUT2D eigenvalue weighted by Gasteiger charge is -2.23. The van der Waals surface area contributed by atoms with Crippen molar-refractivity contribution < 1.29 is 9.47 Å². The van der Waals surface area contributed by atoms with Crippen LogP contribution in [-0.2, 0) is 15.9 Å². The average Bonchev–Trinajstić information content (AvgIpc) is 2.64. The zero-order valence-corrected chi connectivity index (χ0v) is 10.9. The Labute approximate surface area is 104 Å². The monoisotopic (exact) mass is 285 g/mol. The van der Waals surface area contributed by atoms with Crippen molar-refractivity contribution in [3.05, 3.63) is 34.3 Å². The van der Waals surface area contributed by atoms with Gasteiger partial charge < -0.3 is 15.2 Å². The highest BCUT2D eigenvalue weighted by atomic mass is 79.9. The minimum atomic E-state index is -0.530. The van der Waals surface area contributed by atoms with Crippen molar-refractivity contribution in [2.45, 2.75) is 25.2 Å². The summed E-state index contributed by atoms with van der Waals surface area (Å²) in [5.41, 5.74) is 6.75. The molecule has 0 aromatic heterocycles. The van der Waals surface area contributed by atoms with Crippen LogP contribution < -0.4 is 5.73 Å². The molecule has 1 aromatic carbocycles. The van der Waals surface area contributed by atoms with E-state index >= 15 is 0 Å². The van der Waals surface area contributed by atoms with Gasteiger partial charge in [0.05, 0.1) is 12.7 Å². The first-order valence-electron chi connectivity index (χ1n) is 5.37. The van der Waals surface area contributed by atoms with Gasteiger partial charge in [0, 0.05) is 17.4 Å². The van der Waals surface area contributed by atoms with Gasteiger partial charge in [-0.25, -0.2) is 0 Å². The first kappa shape index (κ1) is 12.0. The van der Waals surface area contributed by atoms with Crippen LogP contribution in [0.4, 0.5) is 0 Å². The lowest BCUT2D eigenvalue weighted by molar-refractivity contribution is -0.151. The Hall–Kier alpha value is -0.420. The maximum absolute atomic E-state index is 5.77. The van der Waals surface area contributed by atoms with Gasteiger partial charge >= 0.3 is 0 Å². The molecule has 1 heterocycles. The third-order valence-corrected chi connectivity index (χ3v) is 3.22. The van der Waals surface area contributed by atoms with E-state index in [0.717, 1.165) is 10.9 Å². The van der Waals surface area contributed by atoms with E-state index in [4.69, 9.17) is 15.2 Å². The normalized spacial score (nSPS) is 29.6. The molecule has 1 saturated heterocycles. The molecular weight excluding hydrogens is 270 g/mol. The zero-order chi connectivity index (χ0) is 11.6. The van der Waals surface area contributed by atoms with E-state index in [9.17, 15) is 0 Å². The fraction of sp³-hybridized carbons (Fsp3) is 0.500. The second-order valence-electron chi connectivity index (χ2n) is 4.22. The molecule has 2 N–H and O–H groups in total. The van der Waals surface area contributed by atoms with Crippen molar-refractivity contribution >= 4 is 15.9 Å². The van der Waals surface area contributed by atoms with E-state index in [1.54, 1.807) is 0 Å². The maximum Gasteiger partial charge on any atom is 0.170 e. The molecule has 1 aliphatic rings. The molecule has 88 valence electrons. The van der Waals surface area contributed by atoms with Gasteiger partial charge in [-0.1, -0.05) is 28.1 Å². The average molecular weight is 286 g/mol. The Balaban J connectivity index is 2.01. The van der Waals surface area contributed by atoms with E-state index in [2.05, 4.69) is 28.1 Å². The Morgan fingerprint density at radius 2 is 2.12 bits per heavy atom. The smallest absolute Gasteiger partial charge is 0.170 e. The number of halogens is 1. The van der Waals surface area contributed by atoms with E-state index in [1.807, 2.05) is 19.1 Å². The number of hydrogen-bond donors (Lipinski definition) is 1. The summed E-state index contributed by atoms with van der Waals surface area (Å²) in [7, 11) is 0. The van der Waals surface area contributed by atoms with Gasteiger partial charge in [0.2, 0.25) is 0 Å². The Kier molecular flexibility index (Phi) is 3.64. The molecule has 4 heteroatoms. The number of hydrogen-bond acceptors (Lipinski definition) is 3. The second kappa shape index (κ2) is 4.84. The molecule has 0 saturated carbocycles. The van der Waals surface area contributed by atoms with Gasteiger partial charge in [-0.3, -0.25) is 0 Å². The van der Waals surface area contributed by atoms with Crippen LogP contribution in [-0.4, -0.2) is 25.0 Å². The van der Waals surface area contributed by atoms with E-state index in [-0.39, 0.29) is 6.10 Å². The summed E-state index contributed by atoms with van der Waals surface area (Å²) in [6, 6.07) is 8.18. The molecule has 1 fully saturated rings. The minimum absolute atomic E-state index is 0.0282. The van der Waals surface area contributed by atoms with Crippen molar-refractivity contribution in [1.29, 1.82) is 0 Å². The third-order valence-electron chi connectivity index (χ3n) is 2.69. The number of nitrogens with two attached hydrogens (primary N) is 1. The van der Waals surface area contributed by atoms with Crippen molar-refractivity contribution in [2.75, 3.05) is 13.2 Å². The van der Waals surface area contributed by atoms with Crippen molar-refractivity contribution in [3.63, 3.8) is 0 Å². The summed E-state index contributed by atoms with van der Waals surface area (Å²) in [4.78, 5) is 0. The van der Waals surface area contributed by atoms with Crippen LogP contribution in [0.2, 0.25) is 0 Å². The molecule has 2 atom stereocenters. The molecular formula is C12H16BrNO2. The molecule has 2 unspecified atom stereocenters.